The highest BCUT2D eigenvalue weighted by Gasteiger charge is 2.39. The van der Waals surface area contributed by atoms with Crippen LogP contribution in [0, 0.1) is 0 Å². The number of imide groups is 2. The molecule has 5 aromatic carbocycles. The van der Waals surface area contributed by atoms with Crippen molar-refractivity contribution in [2.75, 3.05) is 26.3 Å². The predicted molar refractivity (Wildman–Crippen MR) is 153 cm³/mol. The zero-order chi connectivity index (χ0) is 28.4. The Labute approximate surface area is 244 Å². The lowest BCUT2D eigenvalue weighted by atomic mass is 9.82. The molecule has 7 rings (SSSR count). The van der Waals surface area contributed by atoms with Gasteiger partial charge in [-0.3, -0.25) is 29.0 Å². The van der Waals surface area contributed by atoms with E-state index in [1.54, 1.807) is 0 Å². The first-order valence-electron chi connectivity index (χ1n) is 12.0. The van der Waals surface area contributed by atoms with Crippen LogP contribution in [-0.2, 0) is 0 Å². The molecule has 0 aromatic heterocycles. The van der Waals surface area contributed by atoms with Crippen LogP contribution in [-0.4, -0.2) is 69.9 Å². The number of hydrogen-bond donors (Lipinski definition) is 2. The molecule has 0 atom stereocenters. The van der Waals surface area contributed by atoms with Gasteiger partial charge in [0.2, 0.25) is 0 Å². The summed E-state index contributed by atoms with van der Waals surface area (Å²) < 4.78 is 0. The molecular formula is C28H14Cl4N2O6. The van der Waals surface area contributed by atoms with Crippen molar-refractivity contribution < 1.29 is 29.4 Å². The number of amides is 4. The van der Waals surface area contributed by atoms with Crippen LogP contribution >= 0.6 is 46.4 Å². The molecule has 2 aliphatic heterocycles. The van der Waals surface area contributed by atoms with E-state index < -0.39 is 36.8 Å². The highest BCUT2D eigenvalue weighted by atomic mass is 35.5. The summed E-state index contributed by atoms with van der Waals surface area (Å²) in [6.07, 6.45) is 0. The van der Waals surface area contributed by atoms with Crippen LogP contribution in [0.4, 0.5) is 0 Å². The minimum absolute atomic E-state index is 0.128. The molecule has 2 heterocycles. The van der Waals surface area contributed by atoms with Gasteiger partial charge in [0.15, 0.2) is 0 Å². The molecular weight excluding hydrogens is 602 g/mol. The third kappa shape index (κ3) is 3.01. The number of carbonyl (C=O) groups is 4. The summed E-state index contributed by atoms with van der Waals surface area (Å²) in [6, 6.07) is 5.77. The molecule has 0 aliphatic carbocycles. The smallest absolute Gasteiger partial charge is 0.261 e. The number of halogens is 4. The number of aliphatic hydroxyl groups is 2. The van der Waals surface area contributed by atoms with Gasteiger partial charge in [-0.15, -0.1) is 0 Å². The monoisotopic (exact) mass is 614 g/mol. The molecule has 200 valence electrons. The van der Waals surface area contributed by atoms with Crippen LogP contribution in [0.15, 0.2) is 24.3 Å². The van der Waals surface area contributed by atoms with E-state index in [0.29, 0.717) is 43.1 Å². The second-order valence-corrected chi connectivity index (χ2v) is 11.2. The van der Waals surface area contributed by atoms with Crippen LogP contribution in [0.2, 0.25) is 20.1 Å². The summed E-state index contributed by atoms with van der Waals surface area (Å²) >= 11 is 27.4. The largest absolute Gasteiger partial charge is 0.395 e. The van der Waals surface area contributed by atoms with E-state index in [1.807, 2.05) is 0 Å². The van der Waals surface area contributed by atoms with Gasteiger partial charge < -0.3 is 10.2 Å². The van der Waals surface area contributed by atoms with Gasteiger partial charge in [0.25, 0.3) is 23.6 Å². The lowest BCUT2D eigenvalue weighted by Gasteiger charge is -2.31. The molecule has 5 aromatic rings. The van der Waals surface area contributed by atoms with Gasteiger partial charge in [-0.2, -0.15) is 0 Å². The standard InChI is InChI=1S/C28H14Cl4N2O6/c29-13-5-9-17-10(26(38)33(1-3-35)25(9)37)6-14(30)20-22-16(32)8-12-18-11(27(39)34(2-4-36)28(12)40)7-15(31)21(24(18)22)19(13)23(17)20/h5-8,35-36H,1-4H2. The molecule has 0 spiro atoms. The van der Waals surface area contributed by atoms with Gasteiger partial charge >= 0.3 is 0 Å². The molecule has 40 heavy (non-hydrogen) atoms. The SMILES string of the molecule is O=C1c2cc(Cl)c3c4c(Cl)cc5c6c(cc(Cl)c(c7c(Cl)cc(c2c37)C(=O)N1CCO)c64)C(=O)N(CCO)C5=O. The van der Waals surface area contributed by atoms with Crippen molar-refractivity contribution in [2.45, 2.75) is 0 Å². The van der Waals surface area contributed by atoms with Gasteiger partial charge in [0.05, 0.1) is 48.6 Å². The van der Waals surface area contributed by atoms with Gasteiger partial charge in [-0.05, 0) is 24.3 Å². The maximum absolute atomic E-state index is 13.4. The molecule has 12 heteroatoms. The Balaban J connectivity index is 1.75. The molecule has 8 nitrogen and oxygen atoms in total. The van der Waals surface area contributed by atoms with Crippen LogP contribution < -0.4 is 0 Å². The van der Waals surface area contributed by atoms with E-state index >= 15 is 0 Å². The molecule has 0 bridgehead atoms. The number of rotatable bonds is 4. The van der Waals surface area contributed by atoms with E-state index in [1.165, 1.54) is 24.3 Å². The Morgan fingerprint density at radius 3 is 0.925 bits per heavy atom. The maximum atomic E-state index is 13.4. The van der Waals surface area contributed by atoms with Crippen molar-refractivity contribution >= 4 is 113 Å². The number of β-amino-alcohol motifs (C(OH)–C–C–N with tert-alkyl or cyclic N) is 2. The highest BCUT2D eigenvalue weighted by molar-refractivity contribution is 6.56. The first-order valence-corrected chi connectivity index (χ1v) is 13.6. The number of fused-ring (bicyclic) bond motifs is 2. The second-order valence-electron chi connectivity index (χ2n) is 9.59. The number of aliphatic hydroxyl groups excluding tert-OH is 2. The van der Waals surface area contributed by atoms with Crippen LogP contribution in [0.3, 0.4) is 0 Å². The Morgan fingerprint density at radius 1 is 0.450 bits per heavy atom. The third-order valence-corrected chi connectivity index (χ3v) is 8.86. The molecule has 2 N–H and O–H groups in total. The molecule has 0 saturated heterocycles. The summed E-state index contributed by atoms with van der Waals surface area (Å²) in [4.78, 5) is 55.4. The van der Waals surface area contributed by atoms with E-state index in [4.69, 9.17) is 46.4 Å². The van der Waals surface area contributed by atoms with Gasteiger partial charge in [0.1, 0.15) is 0 Å². The lowest BCUT2D eigenvalue weighted by molar-refractivity contribution is 0.0567. The number of benzene rings is 5. The van der Waals surface area contributed by atoms with E-state index in [-0.39, 0.29) is 55.4 Å². The minimum Gasteiger partial charge on any atom is -0.395 e. The van der Waals surface area contributed by atoms with Crippen LogP contribution in [0.25, 0.3) is 43.1 Å². The minimum atomic E-state index is -0.623. The fourth-order valence-corrected chi connectivity index (χ4v) is 7.36. The lowest BCUT2D eigenvalue weighted by Crippen LogP contribution is -2.42. The topological polar surface area (TPSA) is 115 Å². The summed E-state index contributed by atoms with van der Waals surface area (Å²) in [6.45, 7) is -1.27. The van der Waals surface area contributed by atoms with Gasteiger partial charge in [0, 0.05) is 63.2 Å². The number of hydrogen-bond acceptors (Lipinski definition) is 6. The van der Waals surface area contributed by atoms with Crippen molar-refractivity contribution in [3.05, 3.63) is 66.6 Å². The Bertz CT molecular complexity index is 1800. The van der Waals surface area contributed by atoms with E-state index in [0.717, 1.165) is 9.80 Å². The number of carbonyl (C=O) groups excluding carboxylic acids is 4. The Kier molecular flexibility index (Phi) is 5.55. The van der Waals surface area contributed by atoms with Crippen LogP contribution in [0.1, 0.15) is 41.4 Å². The average molecular weight is 616 g/mol. The molecule has 0 radical (unpaired) electrons. The summed E-state index contributed by atoms with van der Waals surface area (Å²) in [7, 11) is 0. The Hall–Kier alpha value is -3.24. The first-order chi connectivity index (χ1) is 19.1. The van der Waals surface area contributed by atoms with Crippen molar-refractivity contribution in [3.63, 3.8) is 0 Å². The third-order valence-electron chi connectivity index (χ3n) is 7.67. The molecule has 0 saturated carbocycles. The van der Waals surface area contributed by atoms with Gasteiger partial charge in [-0.25, -0.2) is 0 Å². The van der Waals surface area contributed by atoms with E-state index in [9.17, 15) is 29.4 Å². The van der Waals surface area contributed by atoms with Crippen molar-refractivity contribution in [1.82, 2.24) is 9.80 Å². The van der Waals surface area contributed by atoms with Crippen LogP contribution in [0.5, 0.6) is 0 Å². The molecule has 0 fully saturated rings. The van der Waals surface area contributed by atoms with Crippen molar-refractivity contribution in [3.8, 4) is 0 Å². The van der Waals surface area contributed by atoms with Gasteiger partial charge in [-0.1, -0.05) is 46.4 Å². The van der Waals surface area contributed by atoms with Crippen molar-refractivity contribution in [2.24, 2.45) is 0 Å². The summed E-state index contributed by atoms with van der Waals surface area (Å²) in [5.74, 6) is -2.49. The normalized spacial score (nSPS) is 15.2. The molecule has 4 amide bonds. The average Bonchev–Trinajstić information content (AvgIpc) is 2.92. The summed E-state index contributed by atoms with van der Waals surface area (Å²) in [5.41, 5.74) is 0.596. The fourth-order valence-electron chi connectivity index (χ4n) is 6.17. The second kappa shape index (κ2) is 8.63. The number of nitrogens with zero attached hydrogens (tertiary/aromatic N) is 2. The predicted octanol–water partition coefficient (Wildman–Crippen LogP) is 5.53. The highest BCUT2D eigenvalue weighted by Crippen LogP contribution is 2.53. The Morgan fingerprint density at radius 2 is 0.700 bits per heavy atom. The quantitative estimate of drug-likeness (QED) is 0.156. The molecule has 0 unspecified atom stereocenters. The zero-order valence-corrected chi connectivity index (χ0v) is 23.1. The first kappa shape index (κ1) is 25.7. The van der Waals surface area contributed by atoms with Crippen molar-refractivity contribution in [1.29, 1.82) is 0 Å². The maximum Gasteiger partial charge on any atom is 0.261 e. The fraction of sp³-hybridized carbons (Fsp3) is 0.143. The molecule has 2 aliphatic rings. The van der Waals surface area contributed by atoms with E-state index in [2.05, 4.69) is 0 Å². The summed E-state index contributed by atoms with van der Waals surface area (Å²) in [5, 5.41) is 22.4. The zero-order valence-electron chi connectivity index (χ0n) is 20.1.